The Balaban J connectivity index is 2.24. The Hall–Kier alpha value is -2.36. The highest BCUT2D eigenvalue weighted by Crippen LogP contribution is 2.43. The fourth-order valence-electron chi connectivity index (χ4n) is 3.10. The van der Waals surface area contributed by atoms with Crippen molar-refractivity contribution in [3.05, 3.63) is 68.1 Å². The SMILES string of the molecule is CCOC(=O)C1=C(c2ccccc2)NC(N)=NC1c1cc(Br)cc(Br)c1OCOC. The van der Waals surface area contributed by atoms with Gasteiger partial charge in [0.25, 0.3) is 0 Å². The molecule has 1 unspecified atom stereocenters. The first-order valence-corrected chi connectivity index (χ1v) is 10.7. The molecule has 2 aromatic rings. The Morgan fingerprint density at radius 1 is 1.23 bits per heavy atom. The monoisotopic (exact) mass is 537 g/mol. The molecule has 0 saturated heterocycles. The number of rotatable bonds is 7. The number of nitrogens with zero attached hydrogens (tertiary/aromatic N) is 1. The Morgan fingerprint density at radius 3 is 2.63 bits per heavy atom. The Kier molecular flexibility index (Phi) is 7.52. The summed E-state index contributed by atoms with van der Waals surface area (Å²) < 4.78 is 17.7. The van der Waals surface area contributed by atoms with E-state index >= 15 is 0 Å². The van der Waals surface area contributed by atoms with E-state index in [4.69, 9.17) is 19.9 Å². The lowest BCUT2D eigenvalue weighted by Gasteiger charge is -2.27. The van der Waals surface area contributed by atoms with E-state index in [9.17, 15) is 4.79 Å². The molecule has 3 rings (SSSR count). The average Bonchev–Trinajstić information content (AvgIpc) is 2.72. The van der Waals surface area contributed by atoms with Crippen LogP contribution in [0.1, 0.15) is 24.1 Å². The van der Waals surface area contributed by atoms with Crippen LogP contribution in [-0.2, 0) is 14.3 Å². The lowest BCUT2D eigenvalue weighted by Crippen LogP contribution is -2.37. The van der Waals surface area contributed by atoms with Gasteiger partial charge in [-0.1, -0.05) is 46.3 Å². The van der Waals surface area contributed by atoms with Gasteiger partial charge in [-0.15, -0.1) is 0 Å². The van der Waals surface area contributed by atoms with E-state index in [1.54, 1.807) is 6.92 Å². The first kappa shape index (κ1) is 22.3. The molecule has 0 amide bonds. The number of methoxy groups -OCH3 is 1. The van der Waals surface area contributed by atoms with Gasteiger partial charge < -0.3 is 25.3 Å². The number of nitrogens with one attached hydrogen (secondary N) is 1. The fraction of sp³-hybridized carbons (Fsp3) is 0.238. The lowest BCUT2D eigenvalue weighted by atomic mass is 9.93. The smallest absolute Gasteiger partial charge is 0.338 e. The molecule has 2 aromatic carbocycles. The van der Waals surface area contributed by atoms with Crippen LogP contribution in [0.4, 0.5) is 0 Å². The van der Waals surface area contributed by atoms with Gasteiger partial charge in [-0.25, -0.2) is 9.79 Å². The highest BCUT2D eigenvalue weighted by atomic mass is 79.9. The average molecular weight is 539 g/mol. The van der Waals surface area contributed by atoms with Crippen LogP contribution in [0.15, 0.2) is 62.0 Å². The van der Waals surface area contributed by atoms with Gasteiger partial charge in [-0.2, -0.15) is 0 Å². The van der Waals surface area contributed by atoms with Crippen molar-refractivity contribution in [3.63, 3.8) is 0 Å². The van der Waals surface area contributed by atoms with Crippen molar-refractivity contribution < 1.29 is 19.0 Å². The third-order valence-corrected chi connectivity index (χ3v) is 5.32. The van der Waals surface area contributed by atoms with E-state index < -0.39 is 12.0 Å². The zero-order valence-corrected chi connectivity index (χ0v) is 19.6. The lowest BCUT2D eigenvalue weighted by molar-refractivity contribution is -0.138. The van der Waals surface area contributed by atoms with E-state index in [1.807, 2.05) is 42.5 Å². The molecule has 0 aliphatic carbocycles. The first-order valence-electron chi connectivity index (χ1n) is 9.13. The topological polar surface area (TPSA) is 95.2 Å². The standard InChI is InChI=1S/C21H21Br2N3O4/c1-3-29-20(27)16-17(12-7-5-4-6-8-12)25-21(24)26-18(16)14-9-13(22)10-15(23)19(14)30-11-28-2/h4-10,18H,3,11H2,1-2H3,(H3,24,25,26). The predicted octanol–water partition coefficient (Wildman–Crippen LogP) is 4.13. The largest absolute Gasteiger partial charge is 0.466 e. The normalized spacial score (nSPS) is 16.0. The van der Waals surface area contributed by atoms with Crippen molar-refractivity contribution in [2.45, 2.75) is 13.0 Å². The van der Waals surface area contributed by atoms with Crippen LogP contribution >= 0.6 is 31.9 Å². The van der Waals surface area contributed by atoms with Crippen molar-refractivity contribution in [1.82, 2.24) is 5.32 Å². The van der Waals surface area contributed by atoms with Crippen LogP contribution in [0.5, 0.6) is 5.75 Å². The Bertz CT molecular complexity index is 993. The number of aliphatic imine (C=N–C) groups is 1. The van der Waals surface area contributed by atoms with Gasteiger partial charge in [0, 0.05) is 17.1 Å². The van der Waals surface area contributed by atoms with Crippen LogP contribution in [-0.4, -0.2) is 32.4 Å². The summed E-state index contributed by atoms with van der Waals surface area (Å²) >= 11 is 7.02. The van der Waals surface area contributed by atoms with Crippen molar-refractivity contribution in [2.75, 3.05) is 20.5 Å². The summed E-state index contributed by atoms with van der Waals surface area (Å²) in [6, 6.07) is 12.4. The zero-order valence-electron chi connectivity index (χ0n) is 16.4. The summed E-state index contributed by atoms with van der Waals surface area (Å²) in [5.74, 6) is 0.192. The quantitative estimate of drug-likeness (QED) is 0.406. The minimum absolute atomic E-state index is 0.0292. The molecule has 0 bridgehead atoms. The molecule has 0 aromatic heterocycles. The third kappa shape index (κ3) is 4.85. The first-order chi connectivity index (χ1) is 14.5. The molecule has 158 valence electrons. The Morgan fingerprint density at radius 2 is 1.97 bits per heavy atom. The van der Waals surface area contributed by atoms with Crippen LogP contribution in [0.25, 0.3) is 5.70 Å². The molecule has 1 heterocycles. The number of ether oxygens (including phenoxy) is 3. The fourth-order valence-corrected chi connectivity index (χ4v) is 4.47. The molecule has 0 fully saturated rings. The van der Waals surface area contributed by atoms with Crippen LogP contribution in [0.2, 0.25) is 0 Å². The minimum Gasteiger partial charge on any atom is -0.466 e. The highest BCUT2D eigenvalue weighted by Gasteiger charge is 2.34. The molecule has 1 atom stereocenters. The third-order valence-electron chi connectivity index (χ3n) is 4.27. The molecule has 1 aliphatic heterocycles. The van der Waals surface area contributed by atoms with Gasteiger partial charge in [-0.05, 0) is 40.5 Å². The van der Waals surface area contributed by atoms with Gasteiger partial charge >= 0.3 is 5.97 Å². The van der Waals surface area contributed by atoms with Gasteiger partial charge in [0.15, 0.2) is 12.8 Å². The molecule has 30 heavy (non-hydrogen) atoms. The van der Waals surface area contributed by atoms with E-state index in [1.165, 1.54) is 7.11 Å². The number of benzene rings is 2. The van der Waals surface area contributed by atoms with Gasteiger partial charge in [-0.3, -0.25) is 0 Å². The maximum Gasteiger partial charge on any atom is 0.338 e. The minimum atomic E-state index is -0.749. The second-order valence-electron chi connectivity index (χ2n) is 6.27. The molecule has 0 radical (unpaired) electrons. The van der Waals surface area contributed by atoms with E-state index in [0.29, 0.717) is 27.1 Å². The number of guanidine groups is 1. The highest BCUT2D eigenvalue weighted by molar-refractivity contribution is 9.11. The summed E-state index contributed by atoms with van der Waals surface area (Å²) in [6.45, 7) is 2.01. The molecule has 1 aliphatic rings. The molecule has 7 nitrogen and oxygen atoms in total. The molecule has 9 heteroatoms. The number of esters is 1. The zero-order chi connectivity index (χ0) is 21.7. The summed E-state index contributed by atoms with van der Waals surface area (Å²) in [7, 11) is 1.53. The van der Waals surface area contributed by atoms with E-state index in [-0.39, 0.29) is 19.4 Å². The number of hydrogen-bond donors (Lipinski definition) is 2. The molecule has 0 spiro atoms. The summed E-state index contributed by atoms with van der Waals surface area (Å²) in [5.41, 5.74) is 8.42. The summed E-state index contributed by atoms with van der Waals surface area (Å²) in [6.07, 6.45) is 0. The number of nitrogens with two attached hydrogens (primary N) is 1. The van der Waals surface area contributed by atoms with Crippen LogP contribution in [0, 0.1) is 0 Å². The second-order valence-corrected chi connectivity index (χ2v) is 8.04. The second kappa shape index (κ2) is 10.1. The van der Waals surface area contributed by atoms with Crippen LogP contribution in [0.3, 0.4) is 0 Å². The number of hydrogen-bond acceptors (Lipinski definition) is 7. The molecule has 0 saturated carbocycles. The predicted molar refractivity (Wildman–Crippen MR) is 122 cm³/mol. The van der Waals surface area contributed by atoms with E-state index in [0.717, 1.165) is 10.0 Å². The summed E-state index contributed by atoms with van der Waals surface area (Å²) in [4.78, 5) is 17.6. The van der Waals surface area contributed by atoms with E-state index in [2.05, 4.69) is 42.2 Å². The van der Waals surface area contributed by atoms with Crippen molar-refractivity contribution >= 4 is 49.5 Å². The van der Waals surface area contributed by atoms with Gasteiger partial charge in [0.1, 0.15) is 11.8 Å². The Labute approximate surface area is 191 Å². The maximum atomic E-state index is 13.0. The number of carbonyl (C=O) groups excluding carboxylic acids is 1. The number of halogens is 2. The maximum absolute atomic E-state index is 13.0. The van der Waals surface area contributed by atoms with Crippen molar-refractivity contribution in [2.24, 2.45) is 10.7 Å². The van der Waals surface area contributed by atoms with Gasteiger partial charge in [0.2, 0.25) is 0 Å². The van der Waals surface area contributed by atoms with Crippen LogP contribution < -0.4 is 15.8 Å². The van der Waals surface area contributed by atoms with Crippen molar-refractivity contribution in [3.8, 4) is 5.75 Å². The molecule has 3 N–H and O–H groups in total. The summed E-state index contributed by atoms with van der Waals surface area (Å²) in [5, 5.41) is 3.03. The molecular weight excluding hydrogens is 518 g/mol. The van der Waals surface area contributed by atoms with Gasteiger partial charge in [0.05, 0.1) is 22.3 Å². The molecular formula is C21H21Br2N3O4. The number of carbonyl (C=O) groups is 1. The van der Waals surface area contributed by atoms with Crippen molar-refractivity contribution in [1.29, 1.82) is 0 Å².